The van der Waals surface area contributed by atoms with E-state index in [4.69, 9.17) is 0 Å². The summed E-state index contributed by atoms with van der Waals surface area (Å²) in [6.07, 6.45) is 7.53. The molecule has 0 aromatic heterocycles. The van der Waals surface area contributed by atoms with Crippen molar-refractivity contribution < 1.29 is 9.90 Å². The van der Waals surface area contributed by atoms with Gasteiger partial charge in [-0.2, -0.15) is 0 Å². The summed E-state index contributed by atoms with van der Waals surface area (Å²) in [4.78, 5) is 14.7. The lowest BCUT2D eigenvalue weighted by Gasteiger charge is -2.41. The molecular weight excluding hydrogens is 288 g/mol. The molecule has 1 amide bonds. The van der Waals surface area contributed by atoms with Crippen LogP contribution >= 0.6 is 0 Å². The summed E-state index contributed by atoms with van der Waals surface area (Å²) in [6, 6.07) is 9.80. The zero-order valence-corrected chi connectivity index (χ0v) is 13.8. The van der Waals surface area contributed by atoms with Gasteiger partial charge in [-0.05, 0) is 57.2 Å². The average Bonchev–Trinajstić information content (AvgIpc) is 2.57. The van der Waals surface area contributed by atoms with Crippen LogP contribution in [0.4, 0.5) is 0 Å². The van der Waals surface area contributed by atoms with Crippen LogP contribution in [-0.2, 0) is 0 Å². The second-order valence-electron chi connectivity index (χ2n) is 7.09. The molecule has 1 saturated carbocycles. The van der Waals surface area contributed by atoms with Crippen molar-refractivity contribution in [2.24, 2.45) is 0 Å². The lowest BCUT2D eigenvalue weighted by Crippen LogP contribution is -2.49. The van der Waals surface area contributed by atoms with Crippen LogP contribution < -0.4 is 5.32 Å². The van der Waals surface area contributed by atoms with Gasteiger partial charge in [0, 0.05) is 24.7 Å². The van der Waals surface area contributed by atoms with Gasteiger partial charge in [-0.25, -0.2) is 0 Å². The predicted octanol–water partition coefficient (Wildman–Crippen LogP) is 2.58. The minimum absolute atomic E-state index is 0.00810. The van der Waals surface area contributed by atoms with Crippen molar-refractivity contribution in [3.8, 4) is 0 Å². The van der Waals surface area contributed by atoms with Crippen molar-refractivity contribution in [3.63, 3.8) is 0 Å². The van der Waals surface area contributed by atoms with Crippen LogP contribution in [0.2, 0.25) is 0 Å². The molecule has 3 rings (SSSR count). The maximum absolute atomic E-state index is 12.2. The Morgan fingerprint density at radius 1 is 1.22 bits per heavy atom. The minimum Gasteiger partial charge on any atom is -0.390 e. The highest BCUT2D eigenvalue weighted by molar-refractivity contribution is 5.94. The topological polar surface area (TPSA) is 52.6 Å². The van der Waals surface area contributed by atoms with E-state index >= 15 is 0 Å². The number of aliphatic hydroxyl groups is 1. The van der Waals surface area contributed by atoms with Crippen LogP contribution in [0.1, 0.15) is 55.3 Å². The van der Waals surface area contributed by atoms with E-state index in [2.05, 4.69) is 10.2 Å². The normalized spacial score (nSPS) is 24.0. The SMILES string of the molecule is O=C(NCC1CCCCN1CCC1(O)CCC1)c1ccccc1. The number of hydrogen-bond donors (Lipinski definition) is 2. The van der Waals surface area contributed by atoms with E-state index in [1.807, 2.05) is 30.3 Å². The fraction of sp³-hybridized carbons (Fsp3) is 0.632. The van der Waals surface area contributed by atoms with Crippen LogP contribution in [-0.4, -0.2) is 47.2 Å². The molecule has 2 N–H and O–H groups in total. The van der Waals surface area contributed by atoms with Gasteiger partial charge in [-0.3, -0.25) is 9.69 Å². The van der Waals surface area contributed by atoms with E-state index in [9.17, 15) is 9.90 Å². The summed E-state index contributed by atoms with van der Waals surface area (Å²) in [6.45, 7) is 2.73. The third-order valence-electron chi connectivity index (χ3n) is 5.43. The number of carbonyl (C=O) groups is 1. The first-order valence-electron chi connectivity index (χ1n) is 8.96. The molecule has 0 bridgehead atoms. The zero-order chi connectivity index (χ0) is 16.1. The smallest absolute Gasteiger partial charge is 0.251 e. The molecule has 2 aliphatic rings. The second-order valence-corrected chi connectivity index (χ2v) is 7.09. The van der Waals surface area contributed by atoms with Gasteiger partial charge in [-0.15, -0.1) is 0 Å². The van der Waals surface area contributed by atoms with Crippen molar-refractivity contribution in [3.05, 3.63) is 35.9 Å². The van der Waals surface area contributed by atoms with Crippen LogP contribution in [0.5, 0.6) is 0 Å². The molecule has 23 heavy (non-hydrogen) atoms. The molecule has 1 aromatic rings. The number of nitrogens with one attached hydrogen (secondary N) is 1. The third kappa shape index (κ3) is 4.33. The first-order chi connectivity index (χ1) is 11.2. The average molecular weight is 316 g/mol. The molecule has 126 valence electrons. The van der Waals surface area contributed by atoms with E-state index in [0.717, 1.165) is 50.8 Å². The molecule has 0 spiro atoms. The summed E-state index contributed by atoms with van der Waals surface area (Å²) in [5.74, 6) is 0.00810. The number of rotatable bonds is 6. The van der Waals surface area contributed by atoms with Crippen LogP contribution in [0.25, 0.3) is 0 Å². The Labute approximate surface area is 138 Å². The summed E-state index contributed by atoms with van der Waals surface area (Å²) >= 11 is 0. The maximum atomic E-state index is 12.2. The Bertz CT molecular complexity index is 513. The predicted molar refractivity (Wildman–Crippen MR) is 91.4 cm³/mol. The Kier molecular flexibility index (Phi) is 5.34. The van der Waals surface area contributed by atoms with Gasteiger partial charge >= 0.3 is 0 Å². The van der Waals surface area contributed by atoms with Gasteiger partial charge in [0.1, 0.15) is 0 Å². The van der Waals surface area contributed by atoms with Gasteiger partial charge in [0.2, 0.25) is 0 Å². The highest BCUT2D eigenvalue weighted by Crippen LogP contribution is 2.35. The van der Waals surface area contributed by atoms with Gasteiger partial charge in [0.25, 0.3) is 5.91 Å². The van der Waals surface area contributed by atoms with Crippen LogP contribution in [0.3, 0.4) is 0 Å². The highest BCUT2D eigenvalue weighted by Gasteiger charge is 2.35. The molecule has 1 aliphatic carbocycles. The van der Waals surface area contributed by atoms with E-state index < -0.39 is 5.60 Å². The molecule has 1 heterocycles. The molecule has 1 saturated heterocycles. The summed E-state index contributed by atoms with van der Waals surface area (Å²) < 4.78 is 0. The first kappa shape index (κ1) is 16.5. The number of likely N-dealkylation sites (tertiary alicyclic amines) is 1. The quantitative estimate of drug-likeness (QED) is 0.848. The lowest BCUT2D eigenvalue weighted by molar-refractivity contribution is -0.0501. The lowest BCUT2D eigenvalue weighted by atomic mass is 9.77. The number of piperidine rings is 1. The minimum atomic E-state index is -0.407. The third-order valence-corrected chi connectivity index (χ3v) is 5.43. The first-order valence-corrected chi connectivity index (χ1v) is 8.96. The van der Waals surface area contributed by atoms with Crippen LogP contribution in [0, 0.1) is 0 Å². The Morgan fingerprint density at radius 3 is 2.70 bits per heavy atom. The monoisotopic (exact) mass is 316 g/mol. The zero-order valence-electron chi connectivity index (χ0n) is 13.8. The van der Waals surface area contributed by atoms with E-state index in [-0.39, 0.29) is 5.91 Å². The van der Waals surface area contributed by atoms with E-state index in [1.165, 1.54) is 12.8 Å². The molecule has 2 fully saturated rings. The molecule has 0 radical (unpaired) electrons. The van der Waals surface area contributed by atoms with Crippen molar-refractivity contribution in [2.75, 3.05) is 19.6 Å². The molecule has 1 aromatic carbocycles. The van der Waals surface area contributed by atoms with Crippen molar-refractivity contribution >= 4 is 5.91 Å². The highest BCUT2D eigenvalue weighted by atomic mass is 16.3. The van der Waals surface area contributed by atoms with Gasteiger partial charge < -0.3 is 10.4 Å². The van der Waals surface area contributed by atoms with Crippen molar-refractivity contribution in [1.82, 2.24) is 10.2 Å². The number of carbonyl (C=O) groups excluding carboxylic acids is 1. The van der Waals surface area contributed by atoms with Gasteiger partial charge in [0.15, 0.2) is 0 Å². The van der Waals surface area contributed by atoms with Gasteiger partial charge in [-0.1, -0.05) is 24.6 Å². The number of benzene rings is 1. The molecule has 1 unspecified atom stereocenters. The fourth-order valence-electron chi connectivity index (χ4n) is 3.67. The van der Waals surface area contributed by atoms with Crippen molar-refractivity contribution in [1.29, 1.82) is 0 Å². The Morgan fingerprint density at radius 2 is 2.00 bits per heavy atom. The second kappa shape index (κ2) is 7.45. The number of nitrogens with zero attached hydrogens (tertiary/aromatic N) is 1. The summed E-state index contributed by atoms with van der Waals surface area (Å²) in [5, 5.41) is 13.4. The Balaban J connectivity index is 1.49. The molecular formula is C19H28N2O2. The van der Waals surface area contributed by atoms with E-state index in [0.29, 0.717) is 12.6 Å². The molecule has 1 aliphatic heterocycles. The largest absolute Gasteiger partial charge is 0.390 e. The van der Waals surface area contributed by atoms with Gasteiger partial charge in [0.05, 0.1) is 5.60 Å². The molecule has 4 nitrogen and oxygen atoms in total. The van der Waals surface area contributed by atoms with Crippen molar-refractivity contribution in [2.45, 2.75) is 56.6 Å². The Hall–Kier alpha value is -1.39. The molecule has 1 atom stereocenters. The number of hydrogen-bond acceptors (Lipinski definition) is 3. The van der Waals surface area contributed by atoms with Crippen LogP contribution in [0.15, 0.2) is 30.3 Å². The summed E-state index contributed by atoms with van der Waals surface area (Å²) in [5.41, 5.74) is 0.314. The molecule has 4 heteroatoms. The standard InChI is InChI=1S/C19H28N2O2/c22-18(16-7-2-1-3-8-16)20-15-17-9-4-5-13-21(17)14-12-19(23)10-6-11-19/h1-3,7-8,17,23H,4-6,9-15H2,(H,20,22). The number of amides is 1. The maximum Gasteiger partial charge on any atom is 0.251 e. The van der Waals surface area contributed by atoms with E-state index in [1.54, 1.807) is 0 Å². The summed E-state index contributed by atoms with van der Waals surface area (Å²) in [7, 11) is 0. The fourth-order valence-corrected chi connectivity index (χ4v) is 3.67.